The lowest BCUT2D eigenvalue weighted by Gasteiger charge is -2.10. The molecule has 0 N–H and O–H groups in total. The Morgan fingerprint density at radius 1 is 1.00 bits per heavy atom. The SMILES string of the molecule is CCOc1ccc(Br)cc1C(=O)OCC(=O)c1ccc(Br)cc1. The number of hydrogen-bond acceptors (Lipinski definition) is 4. The average molecular weight is 442 g/mol. The van der Waals surface area contributed by atoms with E-state index in [9.17, 15) is 9.59 Å². The van der Waals surface area contributed by atoms with Crippen LogP contribution in [0.2, 0.25) is 0 Å². The van der Waals surface area contributed by atoms with Crippen molar-refractivity contribution in [3.8, 4) is 5.75 Å². The molecule has 0 aliphatic heterocycles. The summed E-state index contributed by atoms with van der Waals surface area (Å²) in [4.78, 5) is 24.2. The van der Waals surface area contributed by atoms with Gasteiger partial charge in [-0.2, -0.15) is 0 Å². The number of Topliss-reactive ketones (excluding diaryl/α,β-unsaturated/α-hetero) is 1. The van der Waals surface area contributed by atoms with Crippen molar-refractivity contribution in [3.05, 3.63) is 62.5 Å². The largest absolute Gasteiger partial charge is 0.493 e. The number of carbonyl (C=O) groups is 2. The Balaban J connectivity index is 2.06. The van der Waals surface area contributed by atoms with E-state index in [2.05, 4.69) is 31.9 Å². The van der Waals surface area contributed by atoms with E-state index < -0.39 is 5.97 Å². The molecule has 120 valence electrons. The average Bonchev–Trinajstić information content (AvgIpc) is 2.54. The molecule has 0 aliphatic carbocycles. The molecule has 0 saturated carbocycles. The number of ketones is 1. The van der Waals surface area contributed by atoms with Crippen LogP contribution in [0.15, 0.2) is 51.4 Å². The first kappa shape index (κ1) is 17.7. The maximum absolute atomic E-state index is 12.2. The van der Waals surface area contributed by atoms with E-state index in [1.54, 1.807) is 42.5 Å². The van der Waals surface area contributed by atoms with Gasteiger partial charge in [0.1, 0.15) is 11.3 Å². The third-order valence-corrected chi connectivity index (χ3v) is 3.98. The first-order chi connectivity index (χ1) is 11.0. The molecule has 2 aromatic carbocycles. The van der Waals surface area contributed by atoms with Crippen LogP contribution in [0.3, 0.4) is 0 Å². The Hall–Kier alpha value is -1.66. The Kier molecular flexibility index (Phi) is 6.36. The van der Waals surface area contributed by atoms with Crippen LogP contribution in [0.25, 0.3) is 0 Å². The fourth-order valence-corrected chi connectivity index (χ4v) is 2.50. The summed E-state index contributed by atoms with van der Waals surface area (Å²) in [5, 5.41) is 0. The highest BCUT2D eigenvalue weighted by molar-refractivity contribution is 9.10. The number of rotatable bonds is 6. The van der Waals surface area contributed by atoms with Gasteiger partial charge in [0, 0.05) is 14.5 Å². The Labute approximate surface area is 151 Å². The number of hydrogen-bond donors (Lipinski definition) is 0. The number of halogens is 2. The van der Waals surface area contributed by atoms with Gasteiger partial charge in [-0.3, -0.25) is 4.79 Å². The highest BCUT2D eigenvalue weighted by Crippen LogP contribution is 2.24. The number of carbonyl (C=O) groups excluding carboxylic acids is 2. The summed E-state index contributed by atoms with van der Waals surface area (Å²) in [5.74, 6) is -0.434. The fraction of sp³-hybridized carbons (Fsp3) is 0.176. The maximum Gasteiger partial charge on any atom is 0.342 e. The molecule has 4 nitrogen and oxygen atoms in total. The van der Waals surface area contributed by atoms with E-state index in [0.29, 0.717) is 17.9 Å². The molecule has 2 rings (SSSR count). The van der Waals surface area contributed by atoms with Gasteiger partial charge in [-0.15, -0.1) is 0 Å². The van der Waals surface area contributed by atoms with Gasteiger partial charge in [0.2, 0.25) is 0 Å². The molecule has 0 radical (unpaired) electrons. The topological polar surface area (TPSA) is 52.6 Å². The van der Waals surface area contributed by atoms with Gasteiger partial charge in [0.15, 0.2) is 12.4 Å². The van der Waals surface area contributed by atoms with Crippen LogP contribution in [0, 0.1) is 0 Å². The standard InChI is InChI=1S/C17H14Br2O4/c1-2-22-16-8-7-13(19)9-14(16)17(21)23-10-15(20)11-3-5-12(18)6-4-11/h3-9H,2,10H2,1H3. The Morgan fingerprint density at radius 3 is 2.30 bits per heavy atom. The molecule has 0 heterocycles. The van der Waals surface area contributed by atoms with Gasteiger partial charge in [0.25, 0.3) is 0 Å². The van der Waals surface area contributed by atoms with Crippen LogP contribution < -0.4 is 4.74 Å². The van der Waals surface area contributed by atoms with E-state index in [1.165, 1.54) is 0 Å². The second-order valence-corrected chi connectivity index (χ2v) is 6.41. The van der Waals surface area contributed by atoms with Crippen molar-refractivity contribution in [1.82, 2.24) is 0 Å². The molecule has 0 amide bonds. The number of benzene rings is 2. The predicted molar refractivity (Wildman–Crippen MR) is 94.1 cm³/mol. The van der Waals surface area contributed by atoms with Gasteiger partial charge in [-0.25, -0.2) is 4.79 Å². The molecule has 0 spiro atoms. The van der Waals surface area contributed by atoms with Crippen molar-refractivity contribution in [3.63, 3.8) is 0 Å². The maximum atomic E-state index is 12.2. The lowest BCUT2D eigenvalue weighted by atomic mass is 10.1. The van der Waals surface area contributed by atoms with Crippen LogP contribution in [0.4, 0.5) is 0 Å². The first-order valence-electron chi connectivity index (χ1n) is 6.89. The smallest absolute Gasteiger partial charge is 0.342 e. The van der Waals surface area contributed by atoms with E-state index in [0.717, 1.165) is 8.95 Å². The highest BCUT2D eigenvalue weighted by atomic mass is 79.9. The zero-order valence-corrected chi connectivity index (χ0v) is 15.5. The van der Waals surface area contributed by atoms with Crippen LogP contribution in [-0.2, 0) is 4.74 Å². The van der Waals surface area contributed by atoms with Crippen LogP contribution in [0.5, 0.6) is 5.75 Å². The monoisotopic (exact) mass is 440 g/mol. The van der Waals surface area contributed by atoms with Gasteiger partial charge >= 0.3 is 5.97 Å². The first-order valence-corrected chi connectivity index (χ1v) is 8.48. The lowest BCUT2D eigenvalue weighted by molar-refractivity contribution is 0.0471. The summed E-state index contributed by atoms with van der Waals surface area (Å²) in [6.45, 7) is 1.94. The molecule has 0 aliphatic rings. The van der Waals surface area contributed by atoms with Crippen molar-refractivity contribution >= 4 is 43.6 Å². The zero-order chi connectivity index (χ0) is 16.8. The molecule has 23 heavy (non-hydrogen) atoms. The summed E-state index contributed by atoms with van der Waals surface area (Å²) >= 11 is 6.61. The molecular formula is C17H14Br2O4. The van der Waals surface area contributed by atoms with Gasteiger partial charge in [-0.1, -0.05) is 44.0 Å². The minimum atomic E-state index is -0.597. The van der Waals surface area contributed by atoms with Crippen molar-refractivity contribution in [2.75, 3.05) is 13.2 Å². The third-order valence-electron chi connectivity index (χ3n) is 2.96. The molecular weight excluding hydrogens is 428 g/mol. The molecule has 2 aromatic rings. The van der Waals surface area contributed by atoms with Crippen molar-refractivity contribution in [2.45, 2.75) is 6.92 Å². The normalized spacial score (nSPS) is 10.2. The van der Waals surface area contributed by atoms with Crippen LogP contribution in [-0.4, -0.2) is 25.0 Å². The zero-order valence-electron chi connectivity index (χ0n) is 12.3. The minimum Gasteiger partial charge on any atom is -0.493 e. The van der Waals surface area contributed by atoms with E-state index in [4.69, 9.17) is 9.47 Å². The molecule has 6 heteroatoms. The lowest BCUT2D eigenvalue weighted by Crippen LogP contribution is -2.15. The minimum absolute atomic E-state index is 0.265. The van der Waals surface area contributed by atoms with Gasteiger partial charge in [-0.05, 0) is 37.3 Å². The van der Waals surface area contributed by atoms with Gasteiger partial charge in [0.05, 0.1) is 6.61 Å². The fourth-order valence-electron chi connectivity index (χ4n) is 1.87. The Bertz CT molecular complexity index is 711. The van der Waals surface area contributed by atoms with Crippen molar-refractivity contribution in [1.29, 1.82) is 0 Å². The Morgan fingerprint density at radius 2 is 1.65 bits per heavy atom. The summed E-state index contributed by atoms with van der Waals surface area (Å²) in [5.41, 5.74) is 0.769. The van der Waals surface area contributed by atoms with E-state index >= 15 is 0 Å². The van der Waals surface area contributed by atoms with Gasteiger partial charge < -0.3 is 9.47 Å². The molecule has 0 aromatic heterocycles. The predicted octanol–water partition coefficient (Wildman–Crippen LogP) is 4.65. The summed E-state index contributed by atoms with van der Waals surface area (Å²) < 4.78 is 12.1. The number of esters is 1. The molecule has 0 saturated heterocycles. The molecule has 0 bridgehead atoms. The second-order valence-electron chi connectivity index (χ2n) is 4.58. The molecule has 0 fully saturated rings. The van der Waals surface area contributed by atoms with Crippen molar-refractivity contribution < 1.29 is 19.1 Å². The second kappa shape index (κ2) is 8.26. The quantitative estimate of drug-likeness (QED) is 0.483. The molecule has 0 atom stereocenters. The highest BCUT2D eigenvalue weighted by Gasteiger charge is 2.17. The summed E-state index contributed by atoms with van der Waals surface area (Å²) in [7, 11) is 0. The third kappa shape index (κ3) is 4.91. The van der Waals surface area contributed by atoms with E-state index in [-0.39, 0.29) is 18.0 Å². The number of ether oxygens (including phenoxy) is 2. The van der Waals surface area contributed by atoms with Crippen molar-refractivity contribution in [2.24, 2.45) is 0 Å². The van der Waals surface area contributed by atoms with E-state index in [1.807, 2.05) is 6.92 Å². The summed E-state index contributed by atoms with van der Waals surface area (Å²) in [6.07, 6.45) is 0. The van der Waals surface area contributed by atoms with Crippen LogP contribution in [0.1, 0.15) is 27.6 Å². The molecule has 0 unspecified atom stereocenters. The van der Waals surface area contributed by atoms with Crippen LogP contribution >= 0.6 is 31.9 Å². The summed E-state index contributed by atoms with van der Waals surface area (Å²) in [6, 6.07) is 11.9.